The molecule has 1 fully saturated rings. The molecule has 1 saturated heterocycles. The molecule has 1 amide bonds. The fourth-order valence-electron chi connectivity index (χ4n) is 3.45. The van der Waals surface area contributed by atoms with Crippen molar-refractivity contribution >= 4 is 41.5 Å². The van der Waals surface area contributed by atoms with Crippen molar-refractivity contribution in [3.8, 4) is 0 Å². The molecule has 0 atom stereocenters. The van der Waals surface area contributed by atoms with Crippen LogP contribution < -0.4 is 15.5 Å². The van der Waals surface area contributed by atoms with Gasteiger partial charge in [-0.3, -0.25) is 4.79 Å². The van der Waals surface area contributed by atoms with Crippen LogP contribution in [0.2, 0.25) is 0 Å². The molecular weight excluding hydrogens is 489 g/mol. The Morgan fingerprint density at radius 2 is 1.73 bits per heavy atom. The van der Waals surface area contributed by atoms with Gasteiger partial charge >= 0.3 is 0 Å². The van der Waals surface area contributed by atoms with Crippen molar-refractivity contribution in [1.82, 2.24) is 15.5 Å². The molecule has 1 aliphatic heterocycles. The molecule has 0 bridgehead atoms. The van der Waals surface area contributed by atoms with Crippen molar-refractivity contribution < 1.29 is 4.79 Å². The highest BCUT2D eigenvalue weighted by molar-refractivity contribution is 14.0. The lowest BCUT2D eigenvalue weighted by atomic mass is 10.1. The average Bonchev–Trinajstić information content (AvgIpc) is 2.76. The summed E-state index contributed by atoms with van der Waals surface area (Å²) in [5.41, 5.74) is 3.60. The van der Waals surface area contributed by atoms with Crippen LogP contribution in [0, 0.1) is 6.92 Å². The molecule has 0 aliphatic carbocycles. The second-order valence-corrected chi connectivity index (χ2v) is 7.24. The van der Waals surface area contributed by atoms with Gasteiger partial charge in [0.2, 0.25) is 5.91 Å². The number of aryl methyl sites for hydroxylation is 1. The summed E-state index contributed by atoms with van der Waals surface area (Å²) in [6.45, 7) is 8.89. The van der Waals surface area contributed by atoms with Crippen molar-refractivity contribution in [2.24, 2.45) is 4.99 Å². The molecule has 0 radical (unpaired) electrons. The molecule has 0 saturated carbocycles. The van der Waals surface area contributed by atoms with E-state index < -0.39 is 0 Å². The highest BCUT2D eigenvalue weighted by Crippen LogP contribution is 2.15. The zero-order valence-corrected chi connectivity index (χ0v) is 20.1. The van der Waals surface area contributed by atoms with Gasteiger partial charge in [0, 0.05) is 38.4 Å². The van der Waals surface area contributed by atoms with E-state index in [-0.39, 0.29) is 36.4 Å². The molecule has 0 spiro atoms. The first kappa shape index (κ1) is 24.0. The van der Waals surface area contributed by atoms with Gasteiger partial charge in [0.25, 0.3) is 0 Å². The van der Waals surface area contributed by atoms with Crippen LogP contribution in [0.5, 0.6) is 0 Å². The Kier molecular flexibility index (Phi) is 9.93. The molecule has 2 aromatic carbocycles. The number of para-hydroxylation sites is 1. The second-order valence-electron chi connectivity index (χ2n) is 7.24. The number of benzene rings is 2. The van der Waals surface area contributed by atoms with E-state index in [1.807, 2.05) is 24.0 Å². The number of hydrogen-bond acceptors (Lipinski definition) is 3. The van der Waals surface area contributed by atoms with Gasteiger partial charge in [0.05, 0.1) is 13.1 Å². The first-order chi connectivity index (χ1) is 14.2. The molecule has 0 aromatic heterocycles. The predicted molar refractivity (Wildman–Crippen MR) is 135 cm³/mol. The summed E-state index contributed by atoms with van der Waals surface area (Å²) in [5.74, 6) is 0.782. The maximum Gasteiger partial charge on any atom is 0.242 e. The minimum atomic E-state index is 0. The number of nitrogens with zero attached hydrogens (tertiary/aromatic N) is 3. The minimum absolute atomic E-state index is 0. The van der Waals surface area contributed by atoms with E-state index in [0.717, 1.165) is 38.3 Å². The number of anilines is 1. The highest BCUT2D eigenvalue weighted by atomic mass is 127. The third-order valence-corrected chi connectivity index (χ3v) is 5.01. The fraction of sp³-hybridized carbons (Fsp3) is 0.391. The third kappa shape index (κ3) is 7.19. The molecule has 7 heteroatoms. The lowest BCUT2D eigenvalue weighted by Gasteiger charge is -2.36. The molecule has 1 heterocycles. The Morgan fingerprint density at radius 1 is 1.00 bits per heavy atom. The van der Waals surface area contributed by atoms with Crippen molar-refractivity contribution in [2.75, 3.05) is 44.2 Å². The molecule has 3 rings (SSSR count). The van der Waals surface area contributed by atoms with Crippen molar-refractivity contribution in [1.29, 1.82) is 0 Å². The minimum Gasteiger partial charge on any atom is -0.368 e. The highest BCUT2D eigenvalue weighted by Gasteiger charge is 2.21. The molecule has 162 valence electrons. The van der Waals surface area contributed by atoms with Gasteiger partial charge in [-0.2, -0.15) is 0 Å². The SMILES string of the molecule is CCNC(=NCc1cccc(C)c1)NCC(=O)N1CCN(c2ccccc2)CC1.I. The summed E-state index contributed by atoms with van der Waals surface area (Å²) >= 11 is 0. The summed E-state index contributed by atoms with van der Waals surface area (Å²) in [6, 6.07) is 18.7. The maximum atomic E-state index is 12.6. The van der Waals surface area contributed by atoms with Crippen LogP contribution in [-0.2, 0) is 11.3 Å². The molecule has 6 nitrogen and oxygen atoms in total. The first-order valence-electron chi connectivity index (χ1n) is 10.3. The number of amides is 1. The smallest absolute Gasteiger partial charge is 0.242 e. The topological polar surface area (TPSA) is 60.0 Å². The first-order valence-corrected chi connectivity index (χ1v) is 10.3. The summed E-state index contributed by atoms with van der Waals surface area (Å²) in [7, 11) is 0. The lowest BCUT2D eigenvalue weighted by molar-refractivity contribution is -0.130. The van der Waals surface area contributed by atoms with E-state index >= 15 is 0 Å². The number of aliphatic imine (C=N–C) groups is 1. The monoisotopic (exact) mass is 521 g/mol. The zero-order valence-electron chi connectivity index (χ0n) is 17.8. The quantitative estimate of drug-likeness (QED) is 0.349. The molecule has 2 N–H and O–H groups in total. The van der Waals surface area contributed by atoms with Crippen molar-refractivity contribution in [2.45, 2.75) is 20.4 Å². The average molecular weight is 521 g/mol. The van der Waals surface area contributed by atoms with Gasteiger partial charge in [0.1, 0.15) is 0 Å². The Morgan fingerprint density at radius 3 is 2.40 bits per heavy atom. The summed E-state index contributed by atoms with van der Waals surface area (Å²) in [6.07, 6.45) is 0. The van der Waals surface area contributed by atoms with Gasteiger partial charge < -0.3 is 20.4 Å². The number of piperazine rings is 1. The van der Waals surface area contributed by atoms with Gasteiger partial charge in [-0.15, -0.1) is 24.0 Å². The van der Waals surface area contributed by atoms with E-state index in [9.17, 15) is 4.79 Å². The van der Waals surface area contributed by atoms with Crippen LogP contribution in [0.3, 0.4) is 0 Å². The Balaban J connectivity index is 0.00000320. The van der Waals surface area contributed by atoms with E-state index in [2.05, 4.69) is 69.9 Å². The number of nitrogens with one attached hydrogen (secondary N) is 2. The Bertz CT molecular complexity index is 819. The number of guanidine groups is 1. The normalized spacial score (nSPS) is 14.1. The van der Waals surface area contributed by atoms with Crippen LogP contribution in [0.15, 0.2) is 59.6 Å². The van der Waals surface area contributed by atoms with E-state index in [1.54, 1.807) is 0 Å². The van der Waals surface area contributed by atoms with Crippen LogP contribution >= 0.6 is 24.0 Å². The molecule has 2 aromatic rings. The summed E-state index contributed by atoms with van der Waals surface area (Å²) < 4.78 is 0. The van der Waals surface area contributed by atoms with E-state index in [4.69, 9.17) is 0 Å². The molecular formula is C23H32IN5O. The van der Waals surface area contributed by atoms with Crippen LogP contribution in [0.25, 0.3) is 0 Å². The number of halogens is 1. The lowest BCUT2D eigenvalue weighted by Crippen LogP contribution is -2.52. The predicted octanol–water partition coefficient (Wildman–Crippen LogP) is 3.02. The fourth-order valence-corrected chi connectivity index (χ4v) is 3.45. The largest absolute Gasteiger partial charge is 0.368 e. The Labute approximate surface area is 196 Å². The van der Waals surface area contributed by atoms with E-state index in [0.29, 0.717) is 12.5 Å². The number of hydrogen-bond donors (Lipinski definition) is 2. The van der Waals surface area contributed by atoms with Crippen LogP contribution in [0.4, 0.5) is 5.69 Å². The van der Waals surface area contributed by atoms with Crippen molar-refractivity contribution in [3.05, 3.63) is 65.7 Å². The van der Waals surface area contributed by atoms with Crippen molar-refractivity contribution in [3.63, 3.8) is 0 Å². The van der Waals surface area contributed by atoms with Gasteiger partial charge in [-0.05, 0) is 31.5 Å². The standard InChI is InChI=1S/C23H31N5O.HI/c1-3-24-23(25-17-20-9-7-8-19(2)16-20)26-18-22(29)28-14-12-27(13-15-28)21-10-5-4-6-11-21;/h4-11,16H,3,12-15,17-18H2,1-2H3,(H2,24,25,26);1H. The molecule has 1 aliphatic rings. The maximum absolute atomic E-state index is 12.6. The number of rotatable bonds is 6. The molecule has 0 unspecified atom stereocenters. The van der Waals surface area contributed by atoms with Gasteiger partial charge in [0.15, 0.2) is 5.96 Å². The zero-order chi connectivity index (χ0) is 20.5. The summed E-state index contributed by atoms with van der Waals surface area (Å²) in [5, 5.41) is 6.39. The number of carbonyl (C=O) groups is 1. The third-order valence-electron chi connectivity index (χ3n) is 5.01. The Hall–Kier alpha value is -2.29. The van der Waals surface area contributed by atoms with Crippen LogP contribution in [0.1, 0.15) is 18.1 Å². The van der Waals surface area contributed by atoms with Crippen LogP contribution in [-0.4, -0.2) is 56.0 Å². The molecule has 30 heavy (non-hydrogen) atoms. The number of carbonyl (C=O) groups excluding carboxylic acids is 1. The summed E-state index contributed by atoms with van der Waals surface area (Å²) in [4.78, 5) is 21.5. The second kappa shape index (κ2) is 12.4. The van der Waals surface area contributed by atoms with Gasteiger partial charge in [-0.1, -0.05) is 48.0 Å². The van der Waals surface area contributed by atoms with Gasteiger partial charge in [-0.25, -0.2) is 4.99 Å². The van der Waals surface area contributed by atoms with E-state index in [1.165, 1.54) is 11.3 Å².